The minimum atomic E-state index is -6.00. The Bertz CT molecular complexity index is 531. The molecule has 1 N–H and O–H groups in total. The van der Waals surface area contributed by atoms with Crippen LogP contribution >= 0.6 is 0 Å². The maximum Gasteiger partial charge on any atom is 0.463 e. The minimum absolute atomic E-state index is 0.160. The Morgan fingerprint density at radius 3 is 2.29 bits per heavy atom. The summed E-state index contributed by atoms with van der Waals surface area (Å²) in [6, 6.07) is 1.32. The fourth-order valence-corrected chi connectivity index (χ4v) is 1.40. The predicted molar refractivity (Wildman–Crippen MR) is 64.7 cm³/mol. The zero-order valence-electron chi connectivity index (χ0n) is 11.3. The monoisotopic (exact) mass is 313 g/mol. The topological polar surface area (TPSA) is 54.5 Å². The van der Waals surface area contributed by atoms with Gasteiger partial charge in [-0.15, -0.1) is 0 Å². The summed E-state index contributed by atoms with van der Waals surface area (Å²) >= 11 is 0. The van der Waals surface area contributed by atoms with E-state index in [2.05, 4.69) is 4.98 Å². The lowest BCUT2D eigenvalue weighted by Crippen LogP contribution is -2.47. The summed E-state index contributed by atoms with van der Waals surface area (Å²) in [4.78, 5) is 16.3. The number of carbonyl (C=O) groups is 1. The number of nitrogens with zero attached hydrogens (tertiary/aromatic N) is 2. The zero-order chi connectivity index (χ0) is 16.4. The van der Waals surface area contributed by atoms with E-state index in [-0.39, 0.29) is 17.3 Å². The van der Waals surface area contributed by atoms with Gasteiger partial charge in [0.15, 0.2) is 0 Å². The van der Waals surface area contributed by atoms with E-state index in [1.54, 1.807) is 0 Å². The second-order valence-corrected chi connectivity index (χ2v) is 4.14. The number of methoxy groups -OCH3 is 1. The molecule has 0 unspecified atom stereocenters. The highest BCUT2D eigenvalue weighted by Gasteiger charge is 2.63. The molecular weight excluding hydrogens is 301 g/mol. The molecule has 0 aliphatic carbocycles. The molecule has 0 aliphatic rings. The first-order valence-corrected chi connectivity index (χ1v) is 5.48. The highest BCUT2D eigenvalue weighted by Crippen LogP contribution is 2.38. The molecule has 5 nitrogen and oxygen atoms in total. The van der Waals surface area contributed by atoms with E-state index in [0.29, 0.717) is 0 Å². The third-order valence-corrected chi connectivity index (χ3v) is 2.45. The van der Waals surface area contributed by atoms with E-state index in [4.69, 9.17) is 4.74 Å². The molecule has 0 aromatic carbocycles. The van der Waals surface area contributed by atoms with Crippen molar-refractivity contribution in [2.45, 2.75) is 12.1 Å². The van der Waals surface area contributed by atoms with Crippen LogP contribution in [0.4, 0.5) is 33.3 Å². The first-order chi connectivity index (χ1) is 9.52. The Morgan fingerprint density at radius 2 is 1.86 bits per heavy atom. The molecule has 21 heavy (non-hydrogen) atoms. The lowest BCUT2D eigenvalue weighted by atomic mass is 10.2. The van der Waals surface area contributed by atoms with Crippen LogP contribution in [0, 0.1) is 0 Å². The summed E-state index contributed by atoms with van der Waals surface area (Å²) in [5, 5.41) is 1.52. The standard InChI is InChI=1S/C11H12F5N3O2/c1-19(2)6-4-5-17-8(21-3)7(6)18-9(20)10(12,13)11(14,15)16/h4-5H,1-3H3,(H,18,20). The van der Waals surface area contributed by atoms with E-state index in [0.717, 1.165) is 7.11 Å². The van der Waals surface area contributed by atoms with Gasteiger partial charge in [-0.1, -0.05) is 0 Å². The van der Waals surface area contributed by atoms with Crippen LogP contribution in [-0.4, -0.2) is 44.2 Å². The van der Waals surface area contributed by atoms with Crippen molar-refractivity contribution < 1.29 is 31.5 Å². The van der Waals surface area contributed by atoms with Crippen molar-refractivity contribution in [3.63, 3.8) is 0 Å². The Morgan fingerprint density at radius 1 is 1.29 bits per heavy atom. The molecule has 1 amide bonds. The molecule has 1 rings (SSSR count). The van der Waals surface area contributed by atoms with Gasteiger partial charge in [-0.2, -0.15) is 22.0 Å². The van der Waals surface area contributed by atoms with E-state index in [1.807, 2.05) is 0 Å². The maximum absolute atomic E-state index is 13.0. The Labute approximate surface area is 116 Å². The maximum atomic E-state index is 13.0. The van der Waals surface area contributed by atoms with E-state index in [1.165, 1.54) is 36.6 Å². The second-order valence-electron chi connectivity index (χ2n) is 4.14. The Kier molecular flexibility index (Phi) is 4.59. The molecule has 0 aliphatic heterocycles. The fraction of sp³-hybridized carbons (Fsp3) is 0.455. The van der Waals surface area contributed by atoms with Crippen molar-refractivity contribution >= 4 is 17.3 Å². The molecule has 10 heteroatoms. The third-order valence-electron chi connectivity index (χ3n) is 2.45. The number of rotatable bonds is 4. The van der Waals surface area contributed by atoms with Crippen LogP contribution in [0.5, 0.6) is 5.88 Å². The third kappa shape index (κ3) is 3.31. The van der Waals surface area contributed by atoms with Crippen molar-refractivity contribution in [2.24, 2.45) is 0 Å². The Hall–Kier alpha value is -2.13. The zero-order valence-corrected chi connectivity index (χ0v) is 11.3. The molecule has 0 bridgehead atoms. The summed E-state index contributed by atoms with van der Waals surface area (Å²) < 4.78 is 67.2. The molecule has 0 saturated heterocycles. The van der Waals surface area contributed by atoms with Crippen molar-refractivity contribution in [1.82, 2.24) is 4.98 Å². The number of amides is 1. The molecular formula is C11H12F5N3O2. The highest BCUT2D eigenvalue weighted by atomic mass is 19.4. The van der Waals surface area contributed by atoms with Gasteiger partial charge >= 0.3 is 18.0 Å². The van der Waals surface area contributed by atoms with Gasteiger partial charge in [0.25, 0.3) is 0 Å². The second kappa shape index (κ2) is 5.70. The van der Waals surface area contributed by atoms with Gasteiger partial charge in [0.05, 0.1) is 12.8 Å². The lowest BCUT2D eigenvalue weighted by Gasteiger charge is -2.22. The van der Waals surface area contributed by atoms with Gasteiger partial charge in [-0.25, -0.2) is 4.98 Å². The van der Waals surface area contributed by atoms with Gasteiger partial charge in [0.1, 0.15) is 5.69 Å². The molecule has 1 aromatic heterocycles. The van der Waals surface area contributed by atoms with Crippen molar-refractivity contribution in [3.8, 4) is 5.88 Å². The van der Waals surface area contributed by atoms with Gasteiger partial charge in [-0.3, -0.25) is 4.79 Å². The summed E-state index contributed by atoms with van der Waals surface area (Å²) in [5.74, 6) is -8.32. The number of ether oxygens (including phenoxy) is 1. The summed E-state index contributed by atoms with van der Waals surface area (Å²) in [6.45, 7) is 0. The van der Waals surface area contributed by atoms with Gasteiger partial charge < -0.3 is 15.0 Å². The number of anilines is 2. The van der Waals surface area contributed by atoms with Crippen LogP contribution in [-0.2, 0) is 4.79 Å². The SMILES string of the molecule is COc1nccc(N(C)C)c1NC(=O)C(F)(F)C(F)(F)F. The molecule has 0 radical (unpaired) electrons. The van der Waals surface area contributed by atoms with Gasteiger partial charge in [-0.05, 0) is 6.07 Å². The number of aromatic nitrogens is 1. The number of halogens is 5. The average molecular weight is 313 g/mol. The molecule has 118 valence electrons. The number of carbonyl (C=O) groups excluding carboxylic acids is 1. The normalized spacial score (nSPS) is 12.0. The minimum Gasteiger partial charge on any atom is -0.479 e. The number of nitrogens with one attached hydrogen (secondary N) is 1. The van der Waals surface area contributed by atoms with Crippen LogP contribution < -0.4 is 15.0 Å². The van der Waals surface area contributed by atoms with Crippen LogP contribution in [0.15, 0.2) is 12.3 Å². The van der Waals surface area contributed by atoms with E-state index in [9.17, 15) is 26.7 Å². The smallest absolute Gasteiger partial charge is 0.463 e. The average Bonchev–Trinajstić information content (AvgIpc) is 2.37. The first kappa shape index (κ1) is 16.9. The number of hydrogen-bond donors (Lipinski definition) is 1. The fourth-order valence-electron chi connectivity index (χ4n) is 1.40. The number of hydrogen-bond acceptors (Lipinski definition) is 4. The van der Waals surface area contributed by atoms with Crippen LogP contribution in [0.2, 0.25) is 0 Å². The Balaban J connectivity index is 3.22. The molecule has 1 aromatic rings. The van der Waals surface area contributed by atoms with Gasteiger partial charge in [0, 0.05) is 20.3 Å². The summed E-state index contributed by atoms with van der Waals surface area (Å²) in [5.41, 5.74) is -0.216. The highest BCUT2D eigenvalue weighted by molar-refractivity contribution is 6.00. The van der Waals surface area contributed by atoms with Crippen molar-refractivity contribution in [3.05, 3.63) is 12.3 Å². The van der Waals surface area contributed by atoms with Crippen LogP contribution in [0.1, 0.15) is 0 Å². The molecule has 0 atom stereocenters. The lowest BCUT2D eigenvalue weighted by molar-refractivity contribution is -0.267. The summed E-state index contributed by atoms with van der Waals surface area (Å²) in [7, 11) is 4.15. The molecule has 0 spiro atoms. The number of pyridine rings is 1. The first-order valence-electron chi connectivity index (χ1n) is 5.48. The van der Waals surface area contributed by atoms with Gasteiger partial charge in [0.2, 0.25) is 5.88 Å². The van der Waals surface area contributed by atoms with Crippen LogP contribution in [0.3, 0.4) is 0 Å². The predicted octanol–water partition coefficient (Wildman–Crippen LogP) is 2.29. The number of alkyl halides is 5. The van der Waals surface area contributed by atoms with Crippen LogP contribution in [0.25, 0.3) is 0 Å². The molecule has 1 heterocycles. The van der Waals surface area contributed by atoms with Crippen molar-refractivity contribution in [1.29, 1.82) is 0 Å². The quantitative estimate of drug-likeness (QED) is 0.867. The molecule has 0 fully saturated rings. The molecule has 0 saturated carbocycles. The van der Waals surface area contributed by atoms with Crippen molar-refractivity contribution in [2.75, 3.05) is 31.4 Å². The summed E-state index contributed by atoms with van der Waals surface area (Å²) in [6.07, 6.45) is -4.74. The largest absolute Gasteiger partial charge is 0.479 e. The van der Waals surface area contributed by atoms with E-state index >= 15 is 0 Å². The van der Waals surface area contributed by atoms with E-state index < -0.39 is 18.0 Å².